The lowest BCUT2D eigenvalue weighted by atomic mass is 10.0. The molecule has 112 valence electrons. The van der Waals surface area contributed by atoms with Crippen LogP contribution in [0.3, 0.4) is 0 Å². The van der Waals surface area contributed by atoms with Crippen LogP contribution < -0.4 is 5.73 Å². The Morgan fingerprint density at radius 3 is 1.81 bits per heavy atom. The lowest BCUT2D eigenvalue weighted by Gasteiger charge is -2.14. The first kappa shape index (κ1) is 15.1. The minimum absolute atomic E-state index is 0.0496. The van der Waals surface area contributed by atoms with Crippen molar-refractivity contribution in [3.63, 3.8) is 0 Å². The molecule has 0 saturated carbocycles. The summed E-state index contributed by atoms with van der Waals surface area (Å²) in [6.07, 6.45) is -8.67. The highest BCUT2D eigenvalue weighted by Crippen LogP contribution is 2.38. The monoisotopic (exact) mass is 307 g/mol. The van der Waals surface area contributed by atoms with E-state index in [0.29, 0.717) is 12.1 Å². The molecule has 9 heteroatoms. The molecule has 0 spiro atoms. The van der Waals surface area contributed by atoms with E-state index in [1.54, 1.807) is 0 Å². The summed E-state index contributed by atoms with van der Waals surface area (Å²) in [5.41, 5.74) is 1.98. The minimum Gasteiger partial charge on any atom is -0.368 e. The first-order chi connectivity index (χ1) is 9.57. The van der Waals surface area contributed by atoms with Crippen LogP contribution in [0.25, 0.3) is 11.3 Å². The van der Waals surface area contributed by atoms with Gasteiger partial charge < -0.3 is 5.73 Å². The van der Waals surface area contributed by atoms with Crippen molar-refractivity contribution in [1.29, 1.82) is 0 Å². The average molecular weight is 307 g/mol. The summed E-state index contributed by atoms with van der Waals surface area (Å²) in [5, 5.41) is 0. The van der Waals surface area contributed by atoms with Gasteiger partial charge in [-0.2, -0.15) is 26.3 Å². The van der Waals surface area contributed by atoms with Gasteiger partial charge in [0.15, 0.2) is 0 Å². The molecular formula is C12H7F6N3. The molecular weight excluding hydrogens is 300 g/mol. The molecule has 0 atom stereocenters. The number of alkyl halides is 6. The Hall–Kier alpha value is -2.32. The Labute approximate surface area is 114 Å². The topological polar surface area (TPSA) is 51.8 Å². The third kappa shape index (κ3) is 3.41. The van der Waals surface area contributed by atoms with Crippen molar-refractivity contribution in [2.75, 3.05) is 5.73 Å². The van der Waals surface area contributed by atoms with Gasteiger partial charge in [0.05, 0.1) is 16.8 Å². The molecule has 0 aliphatic carbocycles. The van der Waals surface area contributed by atoms with E-state index < -0.39 is 23.5 Å². The third-order valence-electron chi connectivity index (χ3n) is 2.56. The van der Waals surface area contributed by atoms with Gasteiger partial charge in [-0.05, 0) is 24.3 Å². The number of halogens is 6. The zero-order chi connectivity index (χ0) is 15.8. The molecule has 0 unspecified atom stereocenters. The number of aromatic nitrogens is 2. The van der Waals surface area contributed by atoms with Crippen LogP contribution in [0.15, 0.2) is 30.5 Å². The maximum atomic E-state index is 12.7. The Morgan fingerprint density at radius 1 is 0.857 bits per heavy atom. The summed E-state index contributed by atoms with van der Waals surface area (Å²) >= 11 is 0. The van der Waals surface area contributed by atoms with Gasteiger partial charge in [0, 0.05) is 11.8 Å². The molecule has 0 saturated heterocycles. The summed E-state index contributed by atoms with van der Waals surface area (Å²) in [4.78, 5) is 7.15. The van der Waals surface area contributed by atoms with Gasteiger partial charge in [-0.15, -0.1) is 0 Å². The number of hydrogen-bond acceptors (Lipinski definition) is 3. The molecule has 0 aliphatic heterocycles. The van der Waals surface area contributed by atoms with Crippen LogP contribution in [0.4, 0.5) is 32.3 Å². The molecule has 2 rings (SSSR count). The maximum Gasteiger partial charge on any atom is 0.416 e. The molecule has 1 aromatic carbocycles. The highest BCUT2D eigenvalue weighted by Gasteiger charge is 2.37. The molecule has 2 N–H and O–H groups in total. The Kier molecular flexibility index (Phi) is 3.52. The Morgan fingerprint density at radius 2 is 1.38 bits per heavy atom. The number of benzene rings is 1. The van der Waals surface area contributed by atoms with Crippen LogP contribution in [0, 0.1) is 0 Å². The predicted molar refractivity (Wildman–Crippen MR) is 61.9 cm³/mol. The molecule has 0 radical (unpaired) electrons. The van der Waals surface area contributed by atoms with Crippen LogP contribution in [0.5, 0.6) is 0 Å². The number of nitrogens with zero attached hydrogens (tertiary/aromatic N) is 2. The molecule has 2 aromatic rings. The zero-order valence-electron chi connectivity index (χ0n) is 10.1. The quantitative estimate of drug-likeness (QED) is 0.816. The Bertz CT molecular complexity index is 631. The van der Waals surface area contributed by atoms with Crippen molar-refractivity contribution >= 4 is 5.95 Å². The zero-order valence-corrected chi connectivity index (χ0v) is 10.1. The molecule has 21 heavy (non-hydrogen) atoms. The van der Waals surface area contributed by atoms with Crippen LogP contribution >= 0.6 is 0 Å². The summed E-state index contributed by atoms with van der Waals surface area (Å²) in [7, 11) is 0. The van der Waals surface area contributed by atoms with Crippen LogP contribution in [-0.2, 0) is 12.4 Å². The van der Waals surface area contributed by atoms with Gasteiger partial charge in [0.2, 0.25) is 5.95 Å². The lowest BCUT2D eigenvalue weighted by Crippen LogP contribution is -2.11. The molecule has 1 heterocycles. The minimum atomic E-state index is -4.91. The van der Waals surface area contributed by atoms with Crippen molar-refractivity contribution in [1.82, 2.24) is 9.97 Å². The van der Waals surface area contributed by atoms with Gasteiger partial charge in [0.1, 0.15) is 0 Å². The van der Waals surface area contributed by atoms with Crippen molar-refractivity contribution in [2.24, 2.45) is 0 Å². The van der Waals surface area contributed by atoms with Gasteiger partial charge in [0.25, 0.3) is 0 Å². The summed E-state index contributed by atoms with van der Waals surface area (Å²) < 4.78 is 76.2. The van der Waals surface area contributed by atoms with Gasteiger partial charge in [-0.3, -0.25) is 0 Å². The molecule has 0 bridgehead atoms. The average Bonchev–Trinajstić information content (AvgIpc) is 2.36. The molecule has 3 nitrogen and oxygen atoms in total. The SMILES string of the molecule is Nc1nccc(-c2cc(C(F)(F)F)cc(C(F)(F)F)c2)n1. The van der Waals surface area contributed by atoms with Gasteiger partial charge in [-0.1, -0.05) is 0 Å². The second-order valence-electron chi connectivity index (χ2n) is 4.09. The van der Waals surface area contributed by atoms with E-state index in [4.69, 9.17) is 5.73 Å². The fourth-order valence-corrected chi connectivity index (χ4v) is 1.64. The largest absolute Gasteiger partial charge is 0.416 e. The standard InChI is InChI=1S/C12H7F6N3/c13-11(14,15)7-3-6(4-8(5-7)12(16,17)18)9-1-2-20-10(19)21-9/h1-5H,(H2,19,20,21). The van der Waals surface area contributed by atoms with E-state index in [2.05, 4.69) is 9.97 Å². The number of nitrogen functional groups attached to an aromatic ring is 1. The van der Waals surface area contributed by atoms with E-state index in [1.807, 2.05) is 0 Å². The fourth-order valence-electron chi connectivity index (χ4n) is 1.64. The second-order valence-corrected chi connectivity index (χ2v) is 4.09. The smallest absolute Gasteiger partial charge is 0.368 e. The Balaban J connectivity index is 2.66. The van der Waals surface area contributed by atoms with E-state index in [0.717, 1.165) is 6.20 Å². The first-order valence-corrected chi connectivity index (χ1v) is 5.46. The highest BCUT2D eigenvalue weighted by molar-refractivity contribution is 5.62. The van der Waals surface area contributed by atoms with Crippen molar-refractivity contribution in [3.8, 4) is 11.3 Å². The molecule has 0 fully saturated rings. The van der Waals surface area contributed by atoms with Gasteiger partial charge in [-0.25, -0.2) is 9.97 Å². The number of hydrogen-bond donors (Lipinski definition) is 1. The fraction of sp³-hybridized carbons (Fsp3) is 0.167. The molecule has 0 aliphatic rings. The normalized spacial score (nSPS) is 12.5. The second kappa shape index (κ2) is 4.90. The number of anilines is 1. The molecule has 0 amide bonds. The summed E-state index contributed by atoms with van der Waals surface area (Å²) in [6, 6.07) is 2.38. The summed E-state index contributed by atoms with van der Waals surface area (Å²) in [5.74, 6) is -0.251. The third-order valence-corrected chi connectivity index (χ3v) is 2.56. The lowest BCUT2D eigenvalue weighted by molar-refractivity contribution is -0.143. The predicted octanol–water partition coefficient (Wildman–Crippen LogP) is 3.76. The van der Waals surface area contributed by atoms with E-state index >= 15 is 0 Å². The van der Waals surface area contributed by atoms with E-state index in [1.165, 1.54) is 6.07 Å². The maximum absolute atomic E-state index is 12.7. The number of rotatable bonds is 1. The van der Waals surface area contributed by atoms with Gasteiger partial charge >= 0.3 is 12.4 Å². The van der Waals surface area contributed by atoms with E-state index in [-0.39, 0.29) is 23.3 Å². The number of nitrogens with two attached hydrogens (primary N) is 1. The van der Waals surface area contributed by atoms with Crippen molar-refractivity contribution in [2.45, 2.75) is 12.4 Å². The molecule has 1 aromatic heterocycles. The van der Waals surface area contributed by atoms with E-state index in [9.17, 15) is 26.3 Å². The van der Waals surface area contributed by atoms with Crippen LogP contribution in [0.1, 0.15) is 11.1 Å². The van der Waals surface area contributed by atoms with Crippen LogP contribution in [-0.4, -0.2) is 9.97 Å². The van der Waals surface area contributed by atoms with Crippen molar-refractivity contribution in [3.05, 3.63) is 41.6 Å². The van der Waals surface area contributed by atoms with Crippen LogP contribution in [0.2, 0.25) is 0 Å². The van der Waals surface area contributed by atoms with Crippen molar-refractivity contribution < 1.29 is 26.3 Å². The first-order valence-electron chi connectivity index (χ1n) is 5.46. The summed E-state index contributed by atoms with van der Waals surface area (Å²) in [6.45, 7) is 0. The highest BCUT2D eigenvalue weighted by atomic mass is 19.4.